The van der Waals surface area contributed by atoms with Crippen LogP contribution in [0.2, 0.25) is 18.1 Å². The van der Waals surface area contributed by atoms with E-state index >= 15 is 0 Å². The van der Waals surface area contributed by atoms with E-state index in [0.717, 1.165) is 24.8 Å². The maximum atomic E-state index is 14.3. The third-order valence-corrected chi connectivity index (χ3v) is 15.3. The number of aromatic nitrogens is 2. The van der Waals surface area contributed by atoms with Crippen molar-refractivity contribution in [2.24, 2.45) is 0 Å². The number of fused-ring (bicyclic) bond motifs is 2. The lowest BCUT2D eigenvalue weighted by molar-refractivity contribution is 0.0434. The van der Waals surface area contributed by atoms with Gasteiger partial charge in [-0.2, -0.15) is 0 Å². The first kappa shape index (κ1) is 40.5. The van der Waals surface area contributed by atoms with E-state index in [1.807, 2.05) is 13.1 Å². The van der Waals surface area contributed by atoms with Crippen molar-refractivity contribution in [3.05, 3.63) is 74.7 Å². The molecule has 5 rings (SSSR count). The van der Waals surface area contributed by atoms with E-state index in [9.17, 15) is 24.3 Å². The van der Waals surface area contributed by atoms with Gasteiger partial charge in [0.1, 0.15) is 12.8 Å². The normalized spacial score (nSPS) is 22.8. The largest absolute Gasteiger partial charge is 0.493 e. The molecule has 302 valence electrons. The molecule has 1 fully saturated rings. The zero-order valence-electron chi connectivity index (χ0n) is 34.5. The zero-order valence-corrected chi connectivity index (χ0v) is 34.5. The summed E-state index contributed by atoms with van der Waals surface area (Å²) in [4.78, 5) is 57.4. The Morgan fingerprint density at radius 1 is 1.11 bits per heavy atom. The van der Waals surface area contributed by atoms with Gasteiger partial charge in [-0.3, -0.25) is 18.7 Å². The quantitative estimate of drug-likeness (QED) is 0.125. The lowest BCUT2D eigenvalue weighted by Gasteiger charge is -2.44. The molecule has 0 radical (unpaired) electrons. The number of hydrogen-bond acceptors (Lipinski definition) is 10. The summed E-state index contributed by atoms with van der Waals surface area (Å²) in [5.74, 6) is 0.429. The first-order valence-corrected chi connectivity index (χ1v) is 22.0. The predicted octanol–water partition coefficient (Wildman–Crippen LogP) is 6.25. The van der Waals surface area contributed by atoms with Crippen LogP contribution >= 0.6 is 0 Å². The van der Waals surface area contributed by atoms with Crippen LogP contribution in [0.25, 0.3) is 0 Å². The van der Waals surface area contributed by atoms with Gasteiger partial charge in [0.2, 0.25) is 0 Å². The van der Waals surface area contributed by atoms with Gasteiger partial charge >= 0.3 is 11.8 Å². The van der Waals surface area contributed by atoms with Gasteiger partial charge in [0, 0.05) is 37.0 Å². The molecule has 2 aromatic rings. The van der Waals surface area contributed by atoms with Gasteiger partial charge < -0.3 is 33.4 Å². The standard InChI is InChI=1S/C40H58N4O10Si/c1-10-17-52-39(49)44-30-22-32(50-7)33(21-29(30)36(47)42-23-26(2)19-31(42)37(44)54-55(8,9)40(4,5)6)51-18-15-13-11-12-14-16-41-35(46)27(3)24-43(38(41)48)34-20-28(45)25-53-34/h10,21-24,28,31,34,37,45H,1,11-20,25H2,2-9H3/t28?,31-,34?,37-/m0/s1/i25D/t25?,28?,31-,34?,37-. The number of rotatable bonds is 15. The minimum atomic E-state index is -2.50. The molecule has 4 heterocycles. The fourth-order valence-corrected chi connectivity index (χ4v) is 8.06. The second kappa shape index (κ2) is 17.3. The van der Waals surface area contributed by atoms with Gasteiger partial charge in [-0.25, -0.2) is 14.5 Å². The van der Waals surface area contributed by atoms with E-state index in [1.165, 1.54) is 33.4 Å². The zero-order chi connectivity index (χ0) is 41.1. The predicted molar refractivity (Wildman–Crippen MR) is 211 cm³/mol. The van der Waals surface area contributed by atoms with Crippen LogP contribution in [0.4, 0.5) is 10.5 Å². The molecule has 2 amide bonds. The number of aliphatic hydroxyl groups excluding tert-OH is 1. The summed E-state index contributed by atoms with van der Waals surface area (Å²) in [7, 11) is -0.991. The summed E-state index contributed by atoms with van der Waals surface area (Å²) >= 11 is 0. The number of aliphatic hydroxyl groups is 1. The number of unbranched alkanes of at least 4 members (excludes halogenated alkanes) is 4. The first-order chi connectivity index (χ1) is 26.4. The molecular formula is C40H58N4O10Si. The number of benzene rings is 1. The van der Waals surface area contributed by atoms with Crippen LogP contribution in [-0.2, 0) is 20.4 Å². The summed E-state index contributed by atoms with van der Waals surface area (Å²) in [6.45, 7) is 17.3. The average Bonchev–Trinajstić information content (AvgIpc) is 3.68. The van der Waals surface area contributed by atoms with Crippen molar-refractivity contribution in [3.63, 3.8) is 0 Å². The van der Waals surface area contributed by atoms with Crippen molar-refractivity contribution < 1.29 is 39.4 Å². The Kier molecular flexibility index (Phi) is 12.7. The molecule has 1 aromatic carbocycles. The molecule has 5 atom stereocenters. The maximum absolute atomic E-state index is 14.3. The van der Waals surface area contributed by atoms with Crippen molar-refractivity contribution in [2.45, 2.75) is 129 Å². The molecule has 14 nitrogen and oxygen atoms in total. The first-order valence-electron chi connectivity index (χ1n) is 19.7. The molecule has 3 unspecified atom stereocenters. The molecule has 1 aromatic heterocycles. The Labute approximate surface area is 325 Å². The fraction of sp³-hybridized carbons (Fsp3) is 0.600. The van der Waals surface area contributed by atoms with Crippen LogP contribution in [-0.4, -0.2) is 84.7 Å². The lowest BCUT2D eigenvalue weighted by atomic mass is 10.1. The van der Waals surface area contributed by atoms with Crippen LogP contribution in [0.3, 0.4) is 0 Å². The number of amides is 2. The summed E-state index contributed by atoms with van der Waals surface area (Å²) in [6.07, 6.45) is 5.81. The Hall–Kier alpha value is -4.18. The number of carbonyl (C=O) groups is 2. The van der Waals surface area contributed by atoms with Crippen LogP contribution in [0.1, 0.15) is 96.2 Å². The van der Waals surface area contributed by atoms with Crippen molar-refractivity contribution in [1.29, 1.82) is 0 Å². The Balaban J connectivity index is 1.28. The number of nitrogens with zero attached hydrogens (tertiary/aromatic N) is 4. The minimum absolute atomic E-state index is 0.0190. The van der Waals surface area contributed by atoms with E-state index in [0.29, 0.717) is 48.6 Å². The van der Waals surface area contributed by atoms with Crippen LogP contribution in [0.5, 0.6) is 11.5 Å². The van der Waals surface area contributed by atoms with Gasteiger partial charge in [-0.1, -0.05) is 58.3 Å². The number of hydrogen-bond donors (Lipinski definition) is 1. The SMILES string of the molecule is [2H]C1OC(n2cc(C)c(=O)n(CCCCCCCOc3cc4c(cc3OC)N(C(=O)OCC=C)[C@@H](O[Si](C)(C)C(C)(C)C)[C@@H]3CC(C)=CN3C4=O)c2=O)CC1O. The number of methoxy groups -OCH3 is 1. The van der Waals surface area contributed by atoms with Crippen molar-refractivity contribution >= 4 is 26.0 Å². The van der Waals surface area contributed by atoms with Crippen molar-refractivity contribution in [3.8, 4) is 11.5 Å². The van der Waals surface area contributed by atoms with E-state index in [1.54, 1.807) is 24.0 Å². The molecule has 0 spiro atoms. The Morgan fingerprint density at radius 2 is 1.82 bits per heavy atom. The molecule has 1 N–H and O–H groups in total. The minimum Gasteiger partial charge on any atom is -0.493 e. The van der Waals surface area contributed by atoms with Gasteiger partial charge in [0.25, 0.3) is 11.5 Å². The van der Waals surface area contributed by atoms with Gasteiger partial charge in [-0.05, 0) is 57.3 Å². The number of carbonyl (C=O) groups excluding carboxylic acids is 2. The molecule has 0 bridgehead atoms. The highest BCUT2D eigenvalue weighted by atomic mass is 28.4. The molecule has 0 saturated carbocycles. The molecule has 55 heavy (non-hydrogen) atoms. The Morgan fingerprint density at radius 3 is 2.47 bits per heavy atom. The second-order valence-corrected chi connectivity index (χ2v) is 20.8. The molecule has 0 aliphatic carbocycles. The second-order valence-electron chi connectivity index (χ2n) is 16.1. The van der Waals surface area contributed by atoms with E-state index < -0.39 is 51.3 Å². The van der Waals surface area contributed by atoms with Gasteiger partial charge in [0.05, 0.1) is 45.1 Å². The van der Waals surface area contributed by atoms with Crippen molar-refractivity contribution in [1.82, 2.24) is 14.0 Å². The van der Waals surface area contributed by atoms with Gasteiger partial charge in [0.15, 0.2) is 26.0 Å². The number of ether oxygens (including phenoxy) is 4. The van der Waals surface area contributed by atoms with Gasteiger partial charge in [-0.15, -0.1) is 0 Å². The molecule has 3 aliphatic rings. The van der Waals surface area contributed by atoms with Crippen LogP contribution in [0.15, 0.2) is 52.3 Å². The topological polar surface area (TPSA) is 151 Å². The lowest BCUT2D eigenvalue weighted by Crippen LogP contribution is -2.57. The third kappa shape index (κ3) is 9.11. The number of anilines is 1. The molecular weight excluding hydrogens is 725 g/mol. The highest BCUT2D eigenvalue weighted by Crippen LogP contribution is 2.45. The average molecular weight is 784 g/mol. The summed E-state index contributed by atoms with van der Waals surface area (Å²) in [6, 6.07) is 2.80. The highest BCUT2D eigenvalue weighted by Gasteiger charge is 2.50. The summed E-state index contributed by atoms with van der Waals surface area (Å²) < 4.78 is 40.3. The van der Waals surface area contributed by atoms with E-state index in [4.69, 9.17) is 24.7 Å². The number of aryl methyl sites for hydroxylation is 1. The molecule has 3 aliphatic heterocycles. The van der Waals surface area contributed by atoms with Crippen molar-refractivity contribution in [2.75, 3.05) is 31.8 Å². The monoisotopic (exact) mass is 783 g/mol. The van der Waals surface area contributed by atoms with Crippen LogP contribution in [0, 0.1) is 6.92 Å². The van der Waals surface area contributed by atoms with E-state index in [2.05, 4.69) is 40.4 Å². The van der Waals surface area contributed by atoms with E-state index in [-0.39, 0.29) is 41.6 Å². The molecule has 15 heteroatoms. The summed E-state index contributed by atoms with van der Waals surface area (Å²) in [5, 5.41) is 9.75. The summed E-state index contributed by atoms with van der Waals surface area (Å²) in [5.41, 5.74) is 1.06. The molecule has 1 saturated heterocycles. The Bertz CT molecular complexity index is 1930. The third-order valence-electron chi connectivity index (χ3n) is 10.9. The highest BCUT2D eigenvalue weighted by molar-refractivity contribution is 6.74. The smallest absolute Gasteiger partial charge is 0.416 e. The maximum Gasteiger partial charge on any atom is 0.416 e. The fourth-order valence-electron chi connectivity index (χ4n) is 6.84. The van der Waals surface area contributed by atoms with Crippen LogP contribution < -0.4 is 25.6 Å².